The molecule has 0 rings (SSSR count). The van der Waals surface area contributed by atoms with E-state index in [1.54, 1.807) is 0 Å². The van der Waals surface area contributed by atoms with Crippen molar-refractivity contribution in [2.45, 2.75) is 66.7 Å². The highest BCUT2D eigenvalue weighted by Crippen LogP contribution is 2.12. The third kappa shape index (κ3) is 8.18. The van der Waals surface area contributed by atoms with Crippen LogP contribution < -0.4 is 5.32 Å². The van der Waals surface area contributed by atoms with Gasteiger partial charge in [0.15, 0.2) is 0 Å². The Kier molecular flexibility index (Phi) is 9.26. The first kappa shape index (κ1) is 18.9. The van der Waals surface area contributed by atoms with Gasteiger partial charge in [-0.2, -0.15) is 0 Å². The Morgan fingerprint density at radius 1 is 1.00 bits per heavy atom. The molecule has 0 aromatic heterocycles. The van der Waals surface area contributed by atoms with Crippen molar-refractivity contribution in [3.8, 4) is 0 Å². The molecule has 0 aromatic rings. The molecule has 0 heterocycles. The minimum absolute atomic E-state index is 0.000957. The molecule has 0 radical (unpaired) electrons. The largest absolute Gasteiger partial charge is 0.355 e. The summed E-state index contributed by atoms with van der Waals surface area (Å²) in [6, 6.07) is 0. The van der Waals surface area contributed by atoms with Crippen molar-refractivity contribution in [2.75, 3.05) is 19.6 Å². The van der Waals surface area contributed by atoms with Gasteiger partial charge in [-0.3, -0.25) is 9.59 Å². The van der Waals surface area contributed by atoms with E-state index in [4.69, 9.17) is 0 Å². The maximum atomic E-state index is 12.2. The highest BCUT2D eigenvalue weighted by molar-refractivity contribution is 5.82. The summed E-state index contributed by atoms with van der Waals surface area (Å²) in [6.45, 7) is 12.0. The lowest BCUT2D eigenvalue weighted by Gasteiger charge is -2.23. The van der Waals surface area contributed by atoms with Crippen LogP contribution in [0.4, 0.5) is 0 Å². The third-order valence-electron chi connectivity index (χ3n) is 3.22. The van der Waals surface area contributed by atoms with Gasteiger partial charge in [-0.15, -0.1) is 0 Å². The van der Waals surface area contributed by atoms with Gasteiger partial charge in [-0.05, 0) is 12.8 Å². The molecule has 2 amide bonds. The molecular formula is C16H32N2O2. The number of hydrogen-bond donors (Lipinski definition) is 1. The van der Waals surface area contributed by atoms with E-state index in [9.17, 15) is 9.59 Å². The average molecular weight is 284 g/mol. The first-order chi connectivity index (χ1) is 9.32. The SMILES string of the molecule is CCCCN(CCCC)C(=O)CCNC(=O)C(C)(C)C. The van der Waals surface area contributed by atoms with E-state index in [0.717, 1.165) is 38.8 Å². The standard InChI is InChI=1S/C16H32N2O2/c1-6-8-12-18(13-9-7-2)14(19)10-11-17-15(20)16(3,4)5/h6-13H2,1-5H3,(H,17,20). The zero-order valence-corrected chi connectivity index (χ0v) is 13.9. The van der Waals surface area contributed by atoms with Crippen molar-refractivity contribution >= 4 is 11.8 Å². The maximum Gasteiger partial charge on any atom is 0.225 e. The maximum absolute atomic E-state index is 12.2. The second-order valence-corrected chi connectivity index (χ2v) is 6.34. The van der Waals surface area contributed by atoms with Crippen molar-refractivity contribution in [3.63, 3.8) is 0 Å². The average Bonchev–Trinajstić information content (AvgIpc) is 2.37. The third-order valence-corrected chi connectivity index (χ3v) is 3.22. The normalized spacial score (nSPS) is 11.2. The zero-order chi connectivity index (χ0) is 15.6. The van der Waals surface area contributed by atoms with Crippen LogP contribution in [0.3, 0.4) is 0 Å². The van der Waals surface area contributed by atoms with Crippen molar-refractivity contribution in [1.82, 2.24) is 10.2 Å². The smallest absolute Gasteiger partial charge is 0.225 e. The molecule has 0 unspecified atom stereocenters. The summed E-state index contributed by atoms with van der Waals surface area (Å²) in [5.74, 6) is 0.153. The van der Waals surface area contributed by atoms with Crippen LogP contribution in [0, 0.1) is 5.41 Å². The van der Waals surface area contributed by atoms with E-state index in [2.05, 4.69) is 19.2 Å². The molecule has 4 nitrogen and oxygen atoms in total. The molecule has 0 saturated carbocycles. The Labute approximate surface area is 124 Å². The van der Waals surface area contributed by atoms with Gasteiger partial charge in [-0.25, -0.2) is 0 Å². The van der Waals surface area contributed by atoms with E-state index < -0.39 is 5.41 Å². The number of amides is 2. The Morgan fingerprint density at radius 3 is 1.90 bits per heavy atom. The predicted octanol–water partition coefficient (Wildman–Crippen LogP) is 2.97. The Morgan fingerprint density at radius 2 is 1.50 bits per heavy atom. The number of nitrogens with zero attached hydrogens (tertiary/aromatic N) is 1. The van der Waals surface area contributed by atoms with Gasteiger partial charge < -0.3 is 10.2 Å². The molecule has 0 bridgehead atoms. The second-order valence-electron chi connectivity index (χ2n) is 6.34. The van der Waals surface area contributed by atoms with Crippen molar-refractivity contribution in [3.05, 3.63) is 0 Å². The Bertz CT molecular complexity index is 287. The van der Waals surface area contributed by atoms with Crippen LogP contribution in [0.15, 0.2) is 0 Å². The van der Waals surface area contributed by atoms with Gasteiger partial charge >= 0.3 is 0 Å². The summed E-state index contributed by atoms with van der Waals surface area (Å²) in [4.78, 5) is 25.8. The van der Waals surface area contributed by atoms with Crippen LogP contribution in [-0.2, 0) is 9.59 Å². The molecule has 0 aliphatic heterocycles. The number of nitrogens with one attached hydrogen (secondary N) is 1. The summed E-state index contributed by atoms with van der Waals surface area (Å²) in [5, 5.41) is 2.83. The number of unbranched alkanes of at least 4 members (excludes halogenated alkanes) is 2. The topological polar surface area (TPSA) is 49.4 Å². The molecule has 118 valence electrons. The van der Waals surface area contributed by atoms with E-state index in [1.807, 2.05) is 25.7 Å². The number of carbonyl (C=O) groups excluding carboxylic acids is 2. The molecule has 0 fully saturated rings. The first-order valence-electron chi connectivity index (χ1n) is 7.89. The Hall–Kier alpha value is -1.06. The molecule has 0 aromatic carbocycles. The zero-order valence-electron chi connectivity index (χ0n) is 13.9. The molecule has 4 heteroatoms. The summed E-state index contributed by atoms with van der Waals surface area (Å²) in [5.41, 5.74) is -0.396. The second kappa shape index (κ2) is 9.78. The highest BCUT2D eigenvalue weighted by Gasteiger charge is 2.21. The minimum Gasteiger partial charge on any atom is -0.355 e. The van der Waals surface area contributed by atoms with Crippen LogP contribution in [-0.4, -0.2) is 36.3 Å². The van der Waals surface area contributed by atoms with Crippen LogP contribution in [0.2, 0.25) is 0 Å². The van der Waals surface area contributed by atoms with Gasteiger partial charge in [0.1, 0.15) is 0 Å². The van der Waals surface area contributed by atoms with Crippen molar-refractivity contribution < 1.29 is 9.59 Å². The van der Waals surface area contributed by atoms with E-state index in [0.29, 0.717) is 13.0 Å². The lowest BCUT2D eigenvalue weighted by atomic mass is 9.96. The summed E-state index contributed by atoms with van der Waals surface area (Å²) in [7, 11) is 0. The number of rotatable bonds is 9. The van der Waals surface area contributed by atoms with Gasteiger partial charge in [0.25, 0.3) is 0 Å². The van der Waals surface area contributed by atoms with E-state index in [1.165, 1.54) is 0 Å². The molecule has 0 spiro atoms. The van der Waals surface area contributed by atoms with E-state index >= 15 is 0 Å². The predicted molar refractivity (Wildman–Crippen MR) is 83.5 cm³/mol. The van der Waals surface area contributed by atoms with Gasteiger partial charge in [-0.1, -0.05) is 47.5 Å². The molecule has 1 N–H and O–H groups in total. The van der Waals surface area contributed by atoms with Gasteiger partial charge in [0.2, 0.25) is 11.8 Å². The van der Waals surface area contributed by atoms with E-state index in [-0.39, 0.29) is 11.8 Å². The van der Waals surface area contributed by atoms with Crippen molar-refractivity contribution in [1.29, 1.82) is 0 Å². The molecule has 0 atom stereocenters. The molecule has 0 aliphatic rings. The lowest BCUT2D eigenvalue weighted by molar-refractivity contribution is -0.132. The number of hydrogen-bond acceptors (Lipinski definition) is 2. The fourth-order valence-corrected chi connectivity index (χ4v) is 1.77. The van der Waals surface area contributed by atoms with Crippen LogP contribution in [0.5, 0.6) is 0 Å². The number of carbonyl (C=O) groups is 2. The van der Waals surface area contributed by atoms with Crippen LogP contribution >= 0.6 is 0 Å². The molecule has 0 aliphatic carbocycles. The summed E-state index contributed by atoms with van der Waals surface area (Å²) >= 11 is 0. The highest BCUT2D eigenvalue weighted by atomic mass is 16.2. The van der Waals surface area contributed by atoms with Crippen molar-refractivity contribution in [2.24, 2.45) is 5.41 Å². The van der Waals surface area contributed by atoms with Gasteiger partial charge in [0.05, 0.1) is 0 Å². The molecule has 0 saturated heterocycles. The van der Waals surface area contributed by atoms with Crippen LogP contribution in [0.1, 0.15) is 66.7 Å². The lowest BCUT2D eigenvalue weighted by Crippen LogP contribution is -2.39. The fourth-order valence-electron chi connectivity index (χ4n) is 1.77. The molecule has 20 heavy (non-hydrogen) atoms. The van der Waals surface area contributed by atoms with Crippen LogP contribution in [0.25, 0.3) is 0 Å². The summed E-state index contributed by atoms with van der Waals surface area (Å²) < 4.78 is 0. The summed E-state index contributed by atoms with van der Waals surface area (Å²) in [6.07, 6.45) is 4.68. The fraction of sp³-hybridized carbons (Fsp3) is 0.875. The first-order valence-corrected chi connectivity index (χ1v) is 7.89. The van der Waals surface area contributed by atoms with Gasteiger partial charge in [0, 0.05) is 31.5 Å². The quantitative estimate of drug-likeness (QED) is 0.707. The minimum atomic E-state index is -0.396. The molecular weight excluding hydrogens is 252 g/mol. The Balaban J connectivity index is 4.14. The monoisotopic (exact) mass is 284 g/mol.